The number of aromatic nitrogens is 3. The summed E-state index contributed by atoms with van der Waals surface area (Å²) in [6.07, 6.45) is 12.8. The summed E-state index contributed by atoms with van der Waals surface area (Å²) < 4.78 is 10.6. The maximum absolute atomic E-state index is 14.1. The molecule has 1 N–H and O–H groups in total. The fourth-order valence-electron chi connectivity index (χ4n) is 7.31. The van der Waals surface area contributed by atoms with Crippen LogP contribution in [-0.2, 0) is 25.5 Å². The van der Waals surface area contributed by atoms with Crippen molar-refractivity contribution in [3.05, 3.63) is 102 Å². The molecule has 0 saturated carbocycles. The summed E-state index contributed by atoms with van der Waals surface area (Å²) in [5, 5.41) is 6.99. The number of Topliss-reactive ketones (excluding diaryl/α,β-unsaturated/α-hetero) is 1. The Morgan fingerprint density at radius 2 is 1.73 bits per heavy atom. The van der Waals surface area contributed by atoms with E-state index in [1.165, 1.54) is 7.11 Å². The Labute approximate surface area is 302 Å². The molecule has 5 heterocycles. The zero-order valence-corrected chi connectivity index (χ0v) is 30.7. The quantitative estimate of drug-likeness (QED) is 0.156. The van der Waals surface area contributed by atoms with E-state index in [1.807, 2.05) is 45.1 Å². The van der Waals surface area contributed by atoms with Crippen LogP contribution < -0.4 is 20.7 Å². The fraction of sp³-hybridized carbons (Fsp3) is 0.359. The molecule has 1 fully saturated rings. The van der Waals surface area contributed by atoms with Crippen LogP contribution >= 0.6 is 0 Å². The Balaban J connectivity index is 0.00000468. The van der Waals surface area contributed by atoms with Crippen LogP contribution in [-0.4, -0.2) is 59.5 Å². The van der Waals surface area contributed by atoms with E-state index in [2.05, 4.69) is 38.4 Å². The van der Waals surface area contributed by atoms with Crippen molar-refractivity contribution >= 4 is 70.7 Å². The number of ketones is 1. The SMILES string of the molecule is C=Cc1c2[n-]c(c1C)/C=C1\[N-]/C(=C3\c4[n-]c(c(C)c4C(=O)[C@@H]3C(=O)OC)/C=c3\[nH]/c(c(C)c3CC)=C\2)[C@@H](CCC(=O)OC/C=C\C)[C@@H]1C.[Mg+2]. The Kier molecular flexibility index (Phi) is 10.5. The van der Waals surface area contributed by atoms with Gasteiger partial charge in [0.1, 0.15) is 12.5 Å². The van der Waals surface area contributed by atoms with Crippen LogP contribution in [0.2, 0.25) is 0 Å². The van der Waals surface area contributed by atoms with Crippen LogP contribution in [0.25, 0.3) is 35.2 Å². The second-order valence-corrected chi connectivity index (χ2v) is 12.7. The van der Waals surface area contributed by atoms with Gasteiger partial charge in [0.25, 0.3) is 0 Å². The molecule has 3 aromatic rings. The molecule has 0 radical (unpaired) electrons. The normalized spacial score (nSPS) is 23.1. The summed E-state index contributed by atoms with van der Waals surface area (Å²) in [7, 11) is 1.28. The van der Waals surface area contributed by atoms with Gasteiger partial charge in [-0.3, -0.25) is 14.4 Å². The number of hydrogen-bond acceptors (Lipinski definition) is 5. The van der Waals surface area contributed by atoms with Gasteiger partial charge >= 0.3 is 35.0 Å². The Hall–Kier alpha value is -4.28. The van der Waals surface area contributed by atoms with Crippen LogP contribution in [0.15, 0.2) is 30.1 Å². The van der Waals surface area contributed by atoms with Gasteiger partial charge in [0, 0.05) is 22.7 Å². The first-order valence-electron chi connectivity index (χ1n) is 16.5. The molecule has 9 nitrogen and oxygen atoms in total. The first kappa shape index (κ1) is 36.0. The predicted molar refractivity (Wildman–Crippen MR) is 192 cm³/mol. The number of rotatable bonds is 8. The van der Waals surface area contributed by atoms with Gasteiger partial charge < -0.3 is 29.7 Å². The van der Waals surface area contributed by atoms with Crippen molar-refractivity contribution in [1.29, 1.82) is 0 Å². The average Bonchev–Trinajstić information content (AvgIpc) is 3.80. The summed E-state index contributed by atoms with van der Waals surface area (Å²) >= 11 is 0. The zero-order chi connectivity index (χ0) is 34.4. The molecule has 3 atom stereocenters. The van der Waals surface area contributed by atoms with Crippen molar-refractivity contribution in [2.24, 2.45) is 17.8 Å². The zero-order valence-electron chi connectivity index (χ0n) is 29.3. The summed E-state index contributed by atoms with van der Waals surface area (Å²) in [5.41, 5.74) is 9.67. The van der Waals surface area contributed by atoms with Gasteiger partial charge in [0.05, 0.1) is 7.11 Å². The molecule has 49 heavy (non-hydrogen) atoms. The number of methoxy groups -OCH3 is 1. The Morgan fingerprint density at radius 1 is 1.02 bits per heavy atom. The van der Waals surface area contributed by atoms with Gasteiger partial charge in [-0.2, -0.15) is 11.4 Å². The van der Waals surface area contributed by atoms with Crippen molar-refractivity contribution in [3.8, 4) is 0 Å². The number of nitrogens with zero attached hydrogens (tertiary/aromatic N) is 3. The largest absolute Gasteiger partial charge is 2.00 e. The number of carbonyl (C=O) groups is 3. The first-order valence-corrected chi connectivity index (χ1v) is 16.5. The Bertz CT molecular complexity index is 2090. The molecule has 250 valence electrons. The number of aromatic amines is 1. The van der Waals surface area contributed by atoms with Gasteiger partial charge in [0.2, 0.25) is 0 Å². The van der Waals surface area contributed by atoms with Gasteiger partial charge in [-0.25, -0.2) is 0 Å². The number of ether oxygens (including phenoxy) is 2. The average molecular weight is 670 g/mol. The first-order chi connectivity index (χ1) is 23.0. The maximum atomic E-state index is 14.1. The van der Waals surface area contributed by atoms with E-state index in [-0.39, 0.29) is 59.7 Å². The number of hydrogen-bond donors (Lipinski definition) is 1. The van der Waals surface area contributed by atoms with Gasteiger partial charge in [-0.1, -0.05) is 73.6 Å². The minimum absolute atomic E-state index is 0. The third-order valence-corrected chi connectivity index (χ3v) is 10.1. The summed E-state index contributed by atoms with van der Waals surface area (Å²) in [6, 6.07) is 0. The molecule has 0 unspecified atom stereocenters. The maximum Gasteiger partial charge on any atom is 2.00 e. The second-order valence-electron chi connectivity index (χ2n) is 12.7. The number of fused-ring (bicyclic) bond motifs is 7. The van der Waals surface area contributed by atoms with Crippen LogP contribution in [0.3, 0.4) is 0 Å². The van der Waals surface area contributed by atoms with Crippen LogP contribution in [0.5, 0.6) is 0 Å². The number of carbonyl (C=O) groups excluding carboxylic acids is 3. The topological polar surface area (TPSA) is 128 Å². The predicted octanol–water partition coefficient (Wildman–Crippen LogP) is 4.93. The van der Waals surface area contributed by atoms with E-state index in [4.69, 9.17) is 24.8 Å². The monoisotopic (exact) mass is 669 g/mol. The molecule has 8 bridgehead atoms. The molecule has 0 amide bonds. The number of allylic oxidation sites excluding steroid dienone is 3. The molecule has 0 aromatic carbocycles. The van der Waals surface area contributed by atoms with E-state index in [9.17, 15) is 14.4 Å². The van der Waals surface area contributed by atoms with E-state index >= 15 is 0 Å². The molecule has 1 saturated heterocycles. The molecule has 6 rings (SSSR count). The third-order valence-electron chi connectivity index (χ3n) is 10.1. The number of H-pyrrole nitrogens is 1. The standard InChI is InChI=1S/C39H42N4O5.Mg/c1-9-12-15-48-32(44)14-13-25-21(6)28-16-26-19(4)23(10-2)30(40-26)17-27-20(5)24(11-3)31(41-27)18-29-22(7)33-37(43-29)34(36(25)42-28)35(38(33)45)39(46)47-8;/h9-10,12,16-18,21,25,35,41H,2,11,13-15H2,1,3-8H3,(H-,42,43,45);/q-2;+2/p-1/b12-9-,27-17-,28-16-,31-18-;/t21-,25-,35+;/m0./s1. The van der Waals surface area contributed by atoms with E-state index in [1.54, 1.807) is 6.08 Å². The molecule has 3 aromatic heterocycles. The van der Waals surface area contributed by atoms with Crippen LogP contribution in [0.1, 0.15) is 94.6 Å². The molecule has 10 heteroatoms. The minimum Gasteiger partial charge on any atom is -0.664 e. The fourth-order valence-corrected chi connectivity index (χ4v) is 7.31. The molecule has 3 aliphatic rings. The summed E-state index contributed by atoms with van der Waals surface area (Å²) in [6.45, 7) is 16.3. The minimum atomic E-state index is -1.20. The van der Waals surface area contributed by atoms with Gasteiger partial charge in [-0.15, -0.1) is 22.8 Å². The summed E-state index contributed by atoms with van der Waals surface area (Å²) in [5.74, 6) is -3.01. The summed E-state index contributed by atoms with van der Waals surface area (Å²) in [4.78, 5) is 53.9. The third kappa shape index (κ3) is 6.10. The molecular weight excluding hydrogens is 629 g/mol. The van der Waals surface area contributed by atoms with Crippen molar-refractivity contribution < 1.29 is 23.9 Å². The van der Waals surface area contributed by atoms with Crippen LogP contribution in [0.4, 0.5) is 0 Å². The van der Waals surface area contributed by atoms with Crippen molar-refractivity contribution in [1.82, 2.24) is 15.0 Å². The van der Waals surface area contributed by atoms with Gasteiger partial charge in [0.15, 0.2) is 5.78 Å². The van der Waals surface area contributed by atoms with Crippen molar-refractivity contribution in [3.63, 3.8) is 0 Å². The molecular formula is C39H41MgN4O5-. The van der Waals surface area contributed by atoms with Crippen molar-refractivity contribution in [2.45, 2.75) is 60.8 Å². The molecule has 1 aliphatic carbocycles. The van der Waals surface area contributed by atoms with Gasteiger partial charge in [-0.05, 0) is 69.1 Å². The van der Waals surface area contributed by atoms with E-state index in [0.717, 1.165) is 56.5 Å². The van der Waals surface area contributed by atoms with Crippen LogP contribution in [0, 0.1) is 38.5 Å². The van der Waals surface area contributed by atoms with Crippen molar-refractivity contribution in [2.75, 3.05) is 13.7 Å². The molecule has 0 spiro atoms. The number of nitrogens with one attached hydrogen (secondary N) is 1. The smallest absolute Gasteiger partial charge is 0.664 e. The molecule has 2 aliphatic heterocycles. The Morgan fingerprint density at radius 3 is 2.41 bits per heavy atom. The second kappa shape index (κ2) is 14.3. The number of esters is 2. The van der Waals surface area contributed by atoms with E-state index in [0.29, 0.717) is 40.2 Å². The van der Waals surface area contributed by atoms with E-state index < -0.39 is 11.9 Å².